The van der Waals surface area contributed by atoms with Crippen molar-refractivity contribution in [1.29, 1.82) is 0 Å². The topological polar surface area (TPSA) is 70.7 Å². The quantitative estimate of drug-likeness (QED) is 0.776. The van der Waals surface area contributed by atoms with Crippen LogP contribution >= 0.6 is 0 Å². The van der Waals surface area contributed by atoms with Crippen molar-refractivity contribution < 1.29 is 13.2 Å². The molecule has 1 saturated heterocycles. The summed E-state index contributed by atoms with van der Waals surface area (Å²) >= 11 is 0. The minimum Gasteiger partial charge on any atom is -0.384 e. The highest BCUT2D eigenvalue weighted by Gasteiger charge is 2.33. The molecular formula is C16H27N3O3S. The molecule has 2 N–H and O–H groups in total. The summed E-state index contributed by atoms with van der Waals surface area (Å²) in [6.07, 6.45) is 1.81. The summed E-state index contributed by atoms with van der Waals surface area (Å²) in [6.45, 7) is 2.75. The van der Waals surface area contributed by atoms with Gasteiger partial charge in [0, 0.05) is 38.9 Å². The van der Waals surface area contributed by atoms with Crippen LogP contribution in [0.2, 0.25) is 0 Å². The van der Waals surface area contributed by atoms with Crippen molar-refractivity contribution >= 4 is 15.7 Å². The van der Waals surface area contributed by atoms with E-state index in [9.17, 15) is 8.42 Å². The minimum absolute atomic E-state index is 0.128. The number of nitrogens with one attached hydrogen (secondary N) is 2. The number of rotatable bonds is 7. The summed E-state index contributed by atoms with van der Waals surface area (Å²) < 4.78 is 33.1. The lowest BCUT2D eigenvalue weighted by Crippen LogP contribution is -2.47. The Morgan fingerprint density at radius 2 is 1.83 bits per heavy atom. The predicted octanol–water partition coefficient (Wildman–Crippen LogP) is 1.05. The third-order valence-electron chi connectivity index (χ3n) is 4.42. The largest absolute Gasteiger partial charge is 0.384 e. The summed E-state index contributed by atoms with van der Waals surface area (Å²) in [5.74, 6) is 0. The van der Waals surface area contributed by atoms with Crippen LogP contribution in [0.15, 0.2) is 29.2 Å². The number of piperidine rings is 1. The van der Waals surface area contributed by atoms with Gasteiger partial charge in [-0.3, -0.25) is 0 Å². The maximum absolute atomic E-state index is 12.5. The monoisotopic (exact) mass is 341 g/mol. The standard InChI is InChI=1S/C16H27N3O3S/c1-19(2)14-4-6-15(7-5-14)23(20,21)18-12-16(13-22-3)8-10-17-11-9-16/h4-7,17-18H,8-13H2,1-3H3. The van der Waals surface area contributed by atoms with Crippen LogP contribution in [0.5, 0.6) is 0 Å². The molecule has 2 rings (SSSR count). The molecule has 1 aliphatic rings. The Bertz CT molecular complexity index is 588. The number of sulfonamides is 1. The average Bonchev–Trinajstić information content (AvgIpc) is 2.54. The molecule has 1 fully saturated rings. The Morgan fingerprint density at radius 1 is 1.22 bits per heavy atom. The van der Waals surface area contributed by atoms with E-state index in [2.05, 4.69) is 10.0 Å². The molecule has 0 bridgehead atoms. The highest BCUT2D eigenvalue weighted by Crippen LogP contribution is 2.29. The number of benzene rings is 1. The van der Waals surface area contributed by atoms with Gasteiger partial charge in [-0.2, -0.15) is 0 Å². The van der Waals surface area contributed by atoms with E-state index in [1.165, 1.54) is 0 Å². The Hall–Kier alpha value is -1.15. The zero-order valence-electron chi connectivity index (χ0n) is 14.1. The molecule has 7 heteroatoms. The molecule has 130 valence electrons. The fourth-order valence-corrected chi connectivity index (χ4v) is 4.05. The van der Waals surface area contributed by atoms with E-state index >= 15 is 0 Å². The molecule has 0 aliphatic carbocycles. The van der Waals surface area contributed by atoms with Crippen LogP contribution in [0.4, 0.5) is 5.69 Å². The normalized spacial score (nSPS) is 17.9. The lowest BCUT2D eigenvalue weighted by molar-refractivity contribution is 0.0577. The summed E-state index contributed by atoms with van der Waals surface area (Å²) in [6, 6.07) is 6.90. The van der Waals surface area contributed by atoms with Gasteiger partial charge in [-0.05, 0) is 50.2 Å². The van der Waals surface area contributed by atoms with Crippen molar-refractivity contribution in [2.45, 2.75) is 17.7 Å². The van der Waals surface area contributed by atoms with Gasteiger partial charge in [0.25, 0.3) is 0 Å². The smallest absolute Gasteiger partial charge is 0.240 e. The van der Waals surface area contributed by atoms with Crippen LogP contribution < -0.4 is 14.9 Å². The van der Waals surface area contributed by atoms with E-state index in [4.69, 9.17) is 4.74 Å². The van der Waals surface area contributed by atoms with E-state index in [0.29, 0.717) is 18.0 Å². The zero-order valence-corrected chi connectivity index (χ0v) is 14.9. The van der Waals surface area contributed by atoms with Gasteiger partial charge in [0.05, 0.1) is 11.5 Å². The second-order valence-electron chi connectivity index (χ2n) is 6.40. The minimum atomic E-state index is -3.50. The Balaban J connectivity index is 2.07. The number of ether oxygens (including phenoxy) is 1. The Kier molecular flexibility index (Phi) is 6.02. The summed E-state index contributed by atoms with van der Waals surface area (Å²) in [5, 5.41) is 3.31. The van der Waals surface area contributed by atoms with Crippen molar-refractivity contribution in [2.24, 2.45) is 5.41 Å². The average molecular weight is 341 g/mol. The Morgan fingerprint density at radius 3 is 2.35 bits per heavy atom. The molecule has 0 spiro atoms. The summed E-state index contributed by atoms with van der Waals surface area (Å²) in [5.41, 5.74) is 0.842. The number of anilines is 1. The third kappa shape index (κ3) is 4.67. The maximum Gasteiger partial charge on any atom is 0.240 e. The number of hydrogen-bond donors (Lipinski definition) is 2. The van der Waals surface area contributed by atoms with Crippen molar-refractivity contribution in [3.63, 3.8) is 0 Å². The van der Waals surface area contributed by atoms with Crippen LogP contribution in [-0.4, -0.2) is 55.9 Å². The van der Waals surface area contributed by atoms with Gasteiger partial charge in [-0.25, -0.2) is 13.1 Å². The number of nitrogens with zero attached hydrogens (tertiary/aromatic N) is 1. The second-order valence-corrected chi connectivity index (χ2v) is 8.16. The van der Waals surface area contributed by atoms with Crippen LogP contribution in [0.1, 0.15) is 12.8 Å². The first-order chi connectivity index (χ1) is 10.9. The first kappa shape index (κ1) is 18.2. The van der Waals surface area contributed by atoms with Crippen molar-refractivity contribution in [1.82, 2.24) is 10.0 Å². The van der Waals surface area contributed by atoms with Crippen LogP contribution in [0.25, 0.3) is 0 Å². The van der Waals surface area contributed by atoms with Gasteiger partial charge in [0.15, 0.2) is 0 Å². The Labute approximate surface area is 139 Å². The molecule has 0 aromatic heterocycles. The molecule has 1 aromatic rings. The maximum atomic E-state index is 12.5. The van der Waals surface area contributed by atoms with Gasteiger partial charge >= 0.3 is 0 Å². The molecule has 6 nitrogen and oxygen atoms in total. The molecule has 1 aliphatic heterocycles. The van der Waals surface area contributed by atoms with Crippen LogP contribution in [0, 0.1) is 5.41 Å². The molecule has 1 aromatic carbocycles. The predicted molar refractivity (Wildman–Crippen MR) is 92.4 cm³/mol. The van der Waals surface area contributed by atoms with E-state index in [0.717, 1.165) is 31.6 Å². The highest BCUT2D eigenvalue weighted by molar-refractivity contribution is 7.89. The van der Waals surface area contributed by atoms with Gasteiger partial charge < -0.3 is 15.0 Å². The number of methoxy groups -OCH3 is 1. The first-order valence-electron chi connectivity index (χ1n) is 7.85. The van der Waals surface area contributed by atoms with Crippen molar-refractivity contribution in [3.8, 4) is 0 Å². The molecule has 1 heterocycles. The highest BCUT2D eigenvalue weighted by atomic mass is 32.2. The molecule has 0 unspecified atom stereocenters. The molecule has 0 saturated carbocycles. The lowest BCUT2D eigenvalue weighted by Gasteiger charge is -2.37. The van der Waals surface area contributed by atoms with E-state index < -0.39 is 10.0 Å². The second kappa shape index (κ2) is 7.61. The molecule has 0 radical (unpaired) electrons. The van der Waals surface area contributed by atoms with Gasteiger partial charge in [0.1, 0.15) is 0 Å². The molecular weight excluding hydrogens is 314 g/mol. The molecule has 23 heavy (non-hydrogen) atoms. The van der Waals surface area contributed by atoms with E-state index in [-0.39, 0.29) is 5.41 Å². The summed E-state index contributed by atoms with van der Waals surface area (Å²) in [7, 11) is 2.01. The van der Waals surface area contributed by atoms with Crippen LogP contribution in [0.3, 0.4) is 0 Å². The summed E-state index contributed by atoms with van der Waals surface area (Å²) in [4.78, 5) is 2.23. The molecule has 0 amide bonds. The zero-order chi connectivity index (χ0) is 16.9. The fraction of sp³-hybridized carbons (Fsp3) is 0.625. The first-order valence-corrected chi connectivity index (χ1v) is 9.34. The van der Waals surface area contributed by atoms with E-state index in [1.54, 1.807) is 19.2 Å². The fourth-order valence-electron chi connectivity index (χ4n) is 2.89. The SMILES string of the molecule is COCC1(CNS(=O)(=O)c2ccc(N(C)C)cc2)CCNCC1. The number of hydrogen-bond acceptors (Lipinski definition) is 5. The van der Waals surface area contributed by atoms with Gasteiger partial charge in [0.2, 0.25) is 10.0 Å². The molecule has 0 atom stereocenters. The van der Waals surface area contributed by atoms with E-state index in [1.807, 2.05) is 31.1 Å². The van der Waals surface area contributed by atoms with Crippen molar-refractivity contribution in [2.75, 3.05) is 52.3 Å². The third-order valence-corrected chi connectivity index (χ3v) is 5.83. The van der Waals surface area contributed by atoms with Crippen molar-refractivity contribution in [3.05, 3.63) is 24.3 Å². The lowest BCUT2D eigenvalue weighted by atomic mass is 9.80. The van der Waals surface area contributed by atoms with Gasteiger partial charge in [-0.15, -0.1) is 0 Å². The van der Waals surface area contributed by atoms with Crippen LogP contribution in [-0.2, 0) is 14.8 Å². The van der Waals surface area contributed by atoms with Gasteiger partial charge in [-0.1, -0.05) is 0 Å².